The van der Waals surface area contributed by atoms with Crippen LogP contribution >= 0.6 is 0 Å². The van der Waals surface area contributed by atoms with Crippen molar-refractivity contribution >= 4 is 0 Å². The van der Waals surface area contributed by atoms with E-state index in [1.807, 2.05) is 0 Å². The summed E-state index contributed by atoms with van der Waals surface area (Å²) in [5.74, 6) is 0. The molecule has 0 aromatic heterocycles. The van der Waals surface area contributed by atoms with E-state index in [0.717, 1.165) is 0 Å². The van der Waals surface area contributed by atoms with Gasteiger partial charge in [-0.2, -0.15) is 0 Å². The van der Waals surface area contributed by atoms with Crippen LogP contribution in [0, 0.1) is 0 Å². The van der Waals surface area contributed by atoms with Gasteiger partial charge in [-0.05, 0) is 0 Å². The quantitative estimate of drug-likeness (QED) is 0.576. The molecule has 0 N–H and O–H groups in total. The van der Waals surface area contributed by atoms with Gasteiger partial charge in [-0.3, -0.25) is 0 Å². The molecule has 2 heteroatoms. The first-order valence-electron chi connectivity index (χ1n) is 2.97. The first-order chi connectivity index (χ1) is 3.80. The van der Waals surface area contributed by atoms with Crippen molar-refractivity contribution in [1.82, 2.24) is 0 Å². The van der Waals surface area contributed by atoms with Gasteiger partial charge in [0.2, 0.25) is 0 Å². The molecule has 1 aliphatic rings. The van der Waals surface area contributed by atoms with Crippen LogP contribution in [0.2, 0.25) is 9.36 Å². The standard InChI is InChI=1S/C5H5.2CH3.ClH.Hf/c1-2-4-5-3-1;;;;/h1-3H,4H2;2*1H3;1H;/q;;;;+1/p-1. The van der Waals surface area contributed by atoms with Gasteiger partial charge in [0.05, 0.1) is 0 Å². The smallest absolute Gasteiger partial charge is 1.00 e. The van der Waals surface area contributed by atoms with Gasteiger partial charge in [0.25, 0.3) is 0 Å². The molecule has 0 spiro atoms. The molecule has 0 aliphatic heterocycles. The van der Waals surface area contributed by atoms with Gasteiger partial charge in [0, 0.05) is 0 Å². The summed E-state index contributed by atoms with van der Waals surface area (Å²) in [6, 6.07) is 0. The second-order valence-electron chi connectivity index (χ2n) is 2.32. The van der Waals surface area contributed by atoms with Crippen molar-refractivity contribution < 1.29 is 33.8 Å². The molecular formula is C7H11ClHf. The Bertz CT molecular complexity index is 136. The van der Waals surface area contributed by atoms with Crippen molar-refractivity contribution in [3.63, 3.8) is 0 Å². The molecule has 0 heterocycles. The van der Waals surface area contributed by atoms with Crippen LogP contribution in [0.25, 0.3) is 0 Å². The monoisotopic (exact) mass is 310 g/mol. The topological polar surface area (TPSA) is 0 Å². The summed E-state index contributed by atoms with van der Waals surface area (Å²) in [7, 11) is 0. The van der Waals surface area contributed by atoms with Gasteiger partial charge in [-0.15, -0.1) is 0 Å². The van der Waals surface area contributed by atoms with Crippen LogP contribution in [-0.2, 0) is 21.4 Å². The number of hydrogen-bond acceptors (Lipinski definition) is 0. The Balaban J connectivity index is 0.000000640. The van der Waals surface area contributed by atoms with Crippen LogP contribution in [-0.4, -0.2) is 0 Å². The van der Waals surface area contributed by atoms with Crippen molar-refractivity contribution in [2.45, 2.75) is 15.8 Å². The van der Waals surface area contributed by atoms with Crippen molar-refractivity contribution in [3.8, 4) is 0 Å². The average molecular weight is 309 g/mol. The first kappa shape index (κ1) is 9.64. The Labute approximate surface area is 71.0 Å². The molecule has 0 saturated carbocycles. The van der Waals surface area contributed by atoms with Gasteiger partial charge in [0.15, 0.2) is 0 Å². The van der Waals surface area contributed by atoms with E-state index in [9.17, 15) is 0 Å². The Morgan fingerprint density at radius 2 is 2.11 bits per heavy atom. The van der Waals surface area contributed by atoms with Crippen LogP contribution in [0.5, 0.6) is 0 Å². The predicted octanol–water partition coefficient (Wildman–Crippen LogP) is -0.451. The van der Waals surface area contributed by atoms with Gasteiger partial charge < -0.3 is 12.4 Å². The minimum atomic E-state index is -1.05. The molecular weight excluding hydrogens is 298 g/mol. The molecule has 1 aliphatic carbocycles. The van der Waals surface area contributed by atoms with Gasteiger partial charge in [-0.25, -0.2) is 0 Å². The Morgan fingerprint density at radius 3 is 2.33 bits per heavy atom. The van der Waals surface area contributed by atoms with E-state index in [0.29, 0.717) is 0 Å². The van der Waals surface area contributed by atoms with Gasteiger partial charge in [-0.1, -0.05) is 0 Å². The van der Waals surface area contributed by atoms with Crippen LogP contribution in [0.1, 0.15) is 6.42 Å². The molecule has 50 valence electrons. The van der Waals surface area contributed by atoms with E-state index in [4.69, 9.17) is 0 Å². The van der Waals surface area contributed by atoms with Crippen LogP contribution in [0.4, 0.5) is 0 Å². The zero-order valence-electron chi connectivity index (χ0n) is 5.82. The number of rotatable bonds is 1. The largest absolute Gasteiger partial charge is 1.00 e. The molecule has 0 bridgehead atoms. The Kier molecular flexibility index (Phi) is 4.77. The third-order valence-corrected chi connectivity index (χ3v) is 7.36. The molecule has 9 heavy (non-hydrogen) atoms. The zero-order chi connectivity index (χ0) is 5.98. The van der Waals surface area contributed by atoms with Crippen molar-refractivity contribution in [1.29, 1.82) is 0 Å². The second-order valence-corrected chi connectivity index (χ2v) is 11.8. The summed E-state index contributed by atoms with van der Waals surface area (Å²) in [6.45, 7) is 0. The average Bonchev–Trinajstić information content (AvgIpc) is 2.12. The van der Waals surface area contributed by atoms with Crippen LogP contribution in [0.3, 0.4) is 0 Å². The zero-order valence-corrected chi connectivity index (χ0v) is 10.2. The SMILES string of the molecule is [CH3][Hf+]([CH3])[C]1=CC=CC1.[Cl-]. The molecule has 0 unspecified atom stereocenters. The summed E-state index contributed by atoms with van der Waals surface area (Å²) in [4.78, 5) is 0. The van der Waals surface area contributed by atoms with E-state index in [-0.39, 0.29) is 12.4 Å². The number of allylic oxidation sites excluding steroid dienone is 4. The fourth-order valence-corrected chi connectivity index (χ4v) is 4.25. The van der Waals surface area contributed by atoms with Crippen molar-refractivity contribution in [2.24, 2.45) is 0 Å². The molecule has 0 nitrogen and oxygen atoms in total. The number of halogens is 1. The molecule has 0 radical (unpaired) electrons. The molecule has 0 amide bonds. The predicted molar refractivity (Wildman–Crippen MR) is 33.6 cm³/mol. The second kappa shape index (κ2) is 4.45. The van der Waals surface area contributed by atoms with E-state index in [2.05, 4.69) is 27.6 Å². The first-order valence-corrected chi connectivity index (χ1v) is 11.9. The summed E-state index contributed by atoms with van der Waals surface area (Å²) in [6.07, 6.45) is 8.02. The maximum Gasteiger partial charge on any atom is -1.00 e. The summed E-state index contributed by atoms with van der Waals surface area (Å²) >= 11 is -1.05. The minimum absolute atomic E-state index is 0. The van der Waals surface area contributed by atoms with Crippen LogP contribution < -0.4 is 12.4 Å². The van der Waals surface area contributed by atoms with E-state index >= 15 is 0 Å². The number of hydrogen-bond donors (Lipinski definition) is 0. The Hall–Kier alpha value is 0.640. The van der Waals surface area contributed by atoms with Gasteiger partial charge in [0.1, 0.15) is 0 Å². The van der Waals surface area contributed by atoms with E-state index in [1.165, 1.54) is 6.42 Å². The van der Waals surface area contributed by atoms with Gasteiger partial charge >= 0.3 is 58.8 Å². The molecule has 0 aromatic rings. The molecule has 0 aromatic carbocycles. The molecule has 0 fully saturated rings. The third-order valence-electron chi connectivity index (χ3n) is 1.41. The minimum Gasteiger partial charge on any atom is -1.00 e. The summed E-state index contributed by atoms with van der Waals surface area (Å²) in [5, 5.41) is 0. The van der Waals surface area contributed by atoms with Crippen molar-refractivity contribution in [3.05, 3.63) is 21.6 Å². The maximum atomic E-state index is 2.45. The summed E-state index contributed by atoms with van der Waals surface area (Å²) in [5.41, 5.74) is 0. The van der Waals surface area contributed by atoms with Crippen LogP contribution in [0.15, 0.2) is 21.6 Å². The fraction of sp³-hybridized carbons (Fsp3) is 0.429. The van der Waals surface area contributed by atoms with E-state index < -0.39 is 21.4 Å². The molecule has 0 atom stereocenters. The third kappa shape index (κ3) is 2.81. The van der Waals surface area contributed by atoms with Crippen molar-refractivity contribution in [2.75, 3.05) is 0 Å². The summed E-state index contributed by atoms with van der Waals surface area (Å²) < 4.78 is 6.67. The maximum absolute atomic E-state index is 2.45. The fourth-order valence-electron chi connectivity index (χ4n) is 0.818. The van der Waals surface area contributed by atoms with E-state index in [1.54, 1.807) is 3.33 Å². The molecule has 1 rings (SSSR count). The molecule has 0 saturated heterocycles. The normalized spacial score (nSPS) is 14.7. The Morgan fingerprint density at radius 1 is 1.44 bits per heavy atom.